The van der Waals surface area contributed by atoms with Gasteiger partial charge in [0.25, 0.3) is 5.91 Å². The van der Waals surface area contributed by atoms with Crippen LogP contribution in [-0.4, -0.2) is 35.3 Å². The highest BCUT2D eigenvalue weighted by atomic mass is 16.2. The Morgan fingerprint density at radius 2 is 2.11 bits per heavy atom. The highest BCUT2D eigenvalue weighted by Crippen LogP contribution is 2.05. The van der Waals surface area contributed by atoms with E-state index in [4.69, 9.17) is 0 Å². The Morgan fingerprint density at radius 1 is 1.33 bits per heavy atom. The molecular formula is C13H24N4O. The van der Waals surface area contributed by atoms with Crippen LogP contribution in [-0.2, 0) is 13.0 Å². The molecule has 5 heteroatoms. The minimum Gasteiger partial charge on any atom is -0.351 e. The van der Waals surface area contributed by atoms with E-state index in [-0.39, 0.29) is 5.91 Å². The fourth-order valence-corrected chi connectivity index (χ4v) is 1.75. The third-order valence-corrected chi connectivity index (χ3v) is 2.79. The standard InChI is InChI=1S/C13H24N4O/c1-4-11-10-12(17(6-3)16-11)13(18)15-9-7-8-14-5-2/h10,14H,4-9H2,1-3H3,(H,15,18). The highest BCUT2D eigenvalue weighted by Gasteiger charge is 2.12. The molecule has 0 aliphatic carbocycles. The molecule has 1 heterocycles. The normalized spacial score (nSPS) is 10.6. The highest BCUT2D eigenvalue weighted by molar-refractivity contribution is 5.92. The Hall–Kier alpha value is -1.36. The van der Waals surface area contributed by atoms with Crippen LogP contribution in [0.4, 0.5) is 0 Å². The molecule has 0 aliphatic heterocycles. The first-order valence-electron chi connectivity index (χ1n) is 6.78. The number of rotatable bonds is 8. The van der Waals surface area contributed by atoms with Gasteiger partial charge in [0, 0.05) is 13.1 Å². The van der Waals surface area contributed by atoms with Crippen molar-refractivity contribution in [1.82, 2.24) is 20.4 Å². The number of aromatic nitrogens is 2. The van der Waals surface area contributed by atoms with Crippen molar-refractivity contribution in [2.24, 2.45) is 0 Å². The lowest BCUT2D eigenvalue weighted by atomic mass is 10.3. The Bertz CT molecular complexity index is 373. The summed E-state index contributed by atoms with van der Waals surface area (Å²) in [5, 5.41) is 10.5. The topological polar surface area (TPSA) is 58.9 Å². The first kappa shape index (κ1) is 14.7. The van der Waals surface area contributed by atoms with Crippen LogP contribution >= 0.6 is 0 Å². The minimum atomic E-state index is -0.0273. The fraction of sp³-hybridized carbons (Fsp3) is 0.692. The first-order valence-corrected chi connectivity index (χ1v) is 6.78. The molecular weight excluding hydrogens is 228 g/mol. The largest absolute Gasteiger partial charge is 0.351 e. The van der Waals surface area contributed by atoms with Crippen molar-refractivity contribution in [2.75, 3.05) is 19.6 Å². The van der Waals surface area contributed by atoms with Crippen LogP contribution < -0.4 is 10.6 Å². The summed E-state index contributed by atoms with van der Waals surface area (Å²) < 4.78 is 1.76. The van der Waals surface area contributed by atoms with Gasteiger partial charge in [0.05, 0.1) is 5.69 Å². The van der Waals surface area contributed by atoms with Gasteiger partial charge in [-0.3, -0.25) is 9.48 Å². The number of amides is 1. The van der Waals surface area contributed by atoms with Crippen molar-refractivity contribution in [3.8, 4) is 0 Å². The lowest BCUT2D eigenvalue weighted by molar-refractivity contribution is 0.0942. The summed E-state index contributed by atoms with van der Waals surface area (Å²) in [4.78, 5) is 12.0. The maximum atomic E-state index is 12.0. The molecule has 0 fully saturated rings. The number of aryl methyl sites for hydroxylation is 2. The van der Waals surface area contributed by atoms with Gasteiger partial charge in [-0.05, 0) is 38.9 Å². The number of nitrogens with one attached hydrogen (secondary N) is 2. The van der Waals surface area contributed by atoms with Crippen LogP contribution in [0.3, 0.4) is 0 Å². The van der Waals surface area contributed by atoms with Crippen LogP contribution in [0.2, 0.25) is 0 Å². The monoisotopic (exact) mass is 252 g/mol. The van der Waals surface area contributed by atoms with Gasteiger partial charge in [-0.2, -0.15) is 5.10 Å². The summed E-state index contributed by atoms with van der Waals surface area (Å²) in [5.74, 6) is -0.0273. The Labute approximate surface area is 109 Å². The SMILES string of the molecule is CCNCCCNC(=O)c1cc(CC)nn1CC. The van der Waals surface area contributed by atoms with Gasteiger partial charge in [0.15, 0.2) is 0 Å². The molecule has 18 heavy (non-hydrogen) atoms. The van der Waals surface area contributed by atoms with E-state index in [2.05, 4.69) is 22.7 Å². The summed E-state index contributed by atoms with van der Waals surface area (Å²) >= 11 is 0. The van der Waals surface area contributed by atoms with Gasteiger partial charge in [0.1, 0.15) is 5.69 Å². The number of hydrogen-bond acceptors (Lipinski definition) is 3. The predicted molar refractivity (Wildman–Crippen MR) is 72.8 cm³/mol. The number of hydrogen-bond donors (Lipinski definition) is 2. The summed E-state index contributed by atoms with van der Waals surface area (Å²) in [6, 6.07) is 1.88. The van der Waals surface area contributed by atoms with Crippen LogP contribution in [0, 0.1) is 0 Å². The van der Waals surface area contributed by atoms with E-state index in [1.54, 1.807) is 4.68 Å². The quantitative estimate of drug-likeness (QED) is 0.683. The van der Waals surface area contributed by atoms with Crippen LogP contribution in [0.5, 0.6) is 0 Å². The lowest BCUT2D eigenvalue weighted by Gasteiger charge is -2.06. The summed E-state index contributed by atoms with van der Waals surface area (Å²) in [6.07, 6.45) is 1.80. The van der Waals surface area contributed by atoms with E-state index in [0.29, 0.717) is 12.2 Å². The van der Waals surface area contributed by atoms with Crippen LogP contribution in [0.25, 0.3) is 0 Å². The van der Waals surface area contributed by atoms with Gasteiger partial charge >= 0.3 is 0 Å². The molecule has 0 atom stereocenters. The number of carbonyl (C=O) groups is 1. The number of carbonyl (C=O) groups excluding carboxylic acids is 1. The zero-order valence-electron chi connectivity index (χ0n) is 11.6. The molecule has 0 aliphatic rings. The second kappa shape index (κ2) is 7.87. The van der Waals surface area contributed by atoms with Crippen molar-refractivity contribution in [3.05, 3.63) is 17.5 Å². The van der Waals surface area contributed by atoms with Gasteiger partial charge in [-0.25, -0.2) is 0 Å². The van der Waals surface area contributed by atoms with Crippen molar-refractivity contribution in [1.29, 1.82) is 0 Å². The fourth-order valence-electron chi connectivity index (χ4n) is 1.75. The van der Waals surface area contributed by atoms with E-state index in [1.165, 1.54) is 0 Å². The molecule has 102 valence electrons. The third-order valence-electron chi connectivity index (χ3n) is 2.79. The van der Waals surface area contributed by atoms with Crippen molar-refractivity contribution >= 4 is 5.91 Å². The van der Waals surface area contributed by atoms with E-state index in [1.807, 2.05) is 19.9 Å². The molecule has 0 saturated carbocycles. The summed E-state index contributed by atoms with van der Waals surface area (Å²) in [5.41, 5.74) is 1.63. The molecule has 0 aromatic carbocycles. The zero-order valence-corrected chi connectivity index (χ0v) is 11.6. The molecule has 0 spiro atoms. The van der Waals surface area contributed by atoms with Crippen molar-refractivity contribution in [3.63, 3.8) is 0 Å². The molecule has 1 aromatic heterocycles. The molecule has 1 rings (SSSR count). The maximum absolute atomic E-state index is 12.0. The van der Waals surface area contributed by atoms with Gasteiger partial charge < -0.3 is 10.6 Å². The zero-order chi connectivity index (χ0) is 13.4. The molecule has 5 nitrogen and oxygen atoms in total. The maximum Gasteiger partial charge on any atom is 0.269 e. The third kappa shape index (κ3) is 4.14. The Balaban J connectivity index is 2.47. The van der Waals surface area contributed by atoms with Crippen LogP contribution in [0.15, 0.2) is 6.07 Å². The van der Waals surface area contributed by atoms with Crippen LogP contribution in [0.1, 0.15) is 43.4 Å². The smallest absolute Gasteiger partial charge is 0.269 e. The second-order valence-corrected chi connectivity index (χ2v) is 4.15. The average molecular weight is 252 g/mol. The van der Waals surface area contributed by atoms with Gasteiger partial charge in [-0.1, -0.05) is 13.8 Å². The molecule has 1 aromatic rings. The van der Waals surface area contributed by atoms with E-state index >= 15 is 0 Å². The lowest BCUT2D eigenvalue weighted by Crippen LogP contribution is -2.29. The summed E-state index contributed by atoms with van der Waals surface area (Å²) in [7, 11) is 0. The molecule has 0 unspecified atom stereocenters. The van der Waals surface area contributed by atoms with Gasteiger partial charge in [0.2, 0.25) is 0 Å². The molecule has 0 saturated heterocycles. The number of nitrogens with zero attached hydrogens (tertiary/aromatic N) is 2. The van der Waals surface area contributed by atoms with E-state index < -0.39 is 0 Å². The van der Waals surface area contributed by atoms with Gasteiger partial charge in [-0.15, -0.1) is 0 Å². The Morgan fingerprint density at radius 3 is 2.72 bits per heavy atom. The second-order valence-electron chi connectivity index (χ2n) is 4.15. The first-order chi connectivity index (χ1) is 8.72. The molecule has 0 radical (unpaired) electrons. The predicted octanol–water partition coefficient (Wildman–Crippen LogP) is 1.19. The average Bonchev–Trinajstić information content (AvgIpc) is 2.81. The van der Waals surface area contributed by atoms with Crippen molar-refractivity contribution < 1.29 is 4.79 Å². The molecule has 1 amide bonds. The molecule has 0 bridgehead atoms. The summed E-state index contributed by atoms with van der Waals surface area (Å²) in [6.45, 7) is 9.43. The Kier molecular flexibility index (Phi) is 6.43. The van der Waals surface area contributed by atoms with E-state index in [0.717, 1.165) is 38.2 Å². The molecule has 2 N–H and O–H groups in total. The minimum absolute atomic E-state index is 0.0273. The van der Waals surface area contributed by atoms with E-state index in [9.17, 15) is 4.79 Å². The van der Waals surface area contributed by atoms with Crippen molar-refractivity contribution in [2.45, 2.75) is 40.2 Å².